The maximum Gasteiger partial charge on any atom is 0.273 e. The number of aliphatic hydroxyl groups is 1. The van der Waals surface area contributed by atoms with Crippen LogP contribution in [0.5, 0.6) is 0 Å². The van der Waals surface area contributed by atoms with Gasteiger partial charge in [-0.05, 0) is 25.8 Å². The number of aryl methyl sites for hydroxylation is 1. The van der Waals surface area contributed by atoms with Gasteiger partial charge in [-0.1, -0.05) is 11.2 Å². The molecule has 2 aromatic rings. The lowest BCUT2D eigenvalue weighted by Crippen LogP contribution is -2.39. The summed E-state index contributed by atoms with van der Waals surface area (Å²) in [6.07, 6.45) is 3.15. The number of nitrogens with zero attached hydrogens (tertiary/aromatic N) is 3. The van der Waals surface area contributed by atoms with Crippen molar-refractivity contribution in [3.8, 4) is 0 Å². The van der Waals surface area contributed by atoms with E-state index in [0.717, 1.165) is 30.8 Å². The molecule has 0 spiro atoms. The molecule has 0 aromatic carbocycles. The number of hydrogen-bond donors (Lipinski definition) is 2. The molecular formula is C16H20N4O3. The Hall–Kier alpha value is -2.41. The van der Waals surface area contributed by atoms with E-state index in [1.54, 1.807) is 19.2 Å². The Morgan fingerprint density at radius 3 is 3.17 bits per heavy atom. The zero-order valence-corrected chi connectivity index (χ0v) is 13.0. The summed E-state index contributed by atoms with van der Waals surface area (Å²) < 4.78 is 4.91. The van der Waals surface area contributed by atoms with Crippen molar-refractivity contribution in [3.63, 3.8) is 0 Å². The van der Waals surface area contributed by atoms with Crippen LogP contribution < -0.4 is 10.2 Å². The number of carbonyl (C=O) groups is 1. The number of anilines is 1. The van der Waals surface area contributed by atoms with Crippen molar-refractivity contribution >= 4 is 11.7 Å². The van der Waals surface area contributed by atoms with Crippen molar-refractivity contribution < 1.29 is 14.4 Å². The second-order valence-electron chi connectivity index (χ2n) is 5.73. The summed E-state index contributed by atoms with van der Waals surface area (Å²) in [5.41, 5.74) is 1.18. The number of rotatable bonds is 4. The van der Waals surface area contributed by atoms with Gasteiger partial charge in [-0.15, -0.1) is 0 Å². The topological polar surface area (TPSA) is 91.5 Å². The van der Waals surface area contributed by atoms with Gasteiger partial charge in [0.15, 0.2) is 5.69 Å². The number of pyridine rings is 1. The number of carbonyl (C=O) groups excluding carboxylic acids is 1. The SMILES string of the molecule is Cc1cc(C(=O)NCc2cccnc2N2CCCC(O)C2)no1. The van der Waals surface area contributed by atoms with Crippen molar-refractivity contribution in [2.75, 3.05) is 18.0 Å². The molecule has 1 unspecified atom stereocenters. The van der Waals surface area contributed by atoms with Gasteiger partial charge in [0.25, 0.3) is 5.91 Å². The molecule has 7 heteroatoms. The maximum absolute atomic E-state index is 12.1. The molecule has 122 valence electrons. The third-order valence-electron chi connectivity index (χ3n) is 3.86. The predicted molar refractivity (Wildman–Crippen MR) is 84.1 cm³/mol. The van der Waals surface area contributed by atoms with E-state index >= 15 is 0 Å². The number of hydrogen-bond acceptors (Lipinski definition) is 6. The first-order valence-corrected chi connectivity index (χ1v) is 7.72. The minimum absolute atomic E-state index is 0.265. The molecule has 3 rings (SSSR count). The molecule has 1 aliphatic rings. The number of aliphatic hydroxyl groups excluding tert-OH is 1. The Morgan fingerprint density at radius 1 is 1.57 bits per heavy atom. The molecule has 0 aliphatic carbocycles. The van der Waals surface area contributed by atoms with Crippen LogP contribution in [0.4, 0.5) is 5.82 Å². The molecule has 1 saturated heterocycles. The fourth-order valence-electron chi connectivity index (χ4n) is 2.74. The Balaban J connectivity index is 1.69. The molecule has 0 bridgehead atoms. The minimum Gasteiger partial charge on any atom is -0.391 e. The van der Waals surface area contributed by atoms with E-state index in [4.69, 9.17) is 4.52 Å². The lowest BCUT2D eigenvalue weighted by molar-refractivity contribution is 0.0941. The predicted octanol–water partition coefficient (Wildman–Crippen LogP) is 1.27. The van der Waals surface area contributed by atoms with Crippen LogP contribution in [0.2, 0.25) is 0 Å². The summed E-state index contributed by atoms with van der Waals surface area (Å²) in [7, 11) is 0. The maximum atomic E-state index is 12.1. The Morgan fingerprint density at radius 2 is 2.43 bits per heavy atom. The van der Waals surface area contributed by atoms with E-state index in [9.17, 15) is 9.90 Å². The van der Waals surface area contributed by atoms with Crippen molar-refractivity contribution in [2.24, 2.45) is 0 Å². The summed E-state index contributed by atoms with van der Waals surface area (Å²) in [5.74, 6) is 1.12. The third kappa shape index (κ3) is 3.68. The normalized spacial score (nSPS) is 18.0. The van der Waals surface area contributed by atoms with Crippen LogP contribution in [0.3, 0.4) is 0 Å². The lowest BCUT2D eigenvalue weighted by atomic mass is 10.1. The molecule has 23 heavy (non-hydrogen) atoms. The van der Waals surface area contributed by atoms with Gasteiger partial charge in [-0.25, -0.2) is 4.98 Å². The second kappa shape index (κ2) is 6.78. The molecular weight excluding hydrogens is 296 g/mol. The largest absolute Gasteiger partial charge is 0.391 e. The highest BCUT2D eigenvalue weighted by Gasteiger charge is 2.21. The van der Waals surface area contributed by atoms with E-state index in [1.165, 1.54) is 0 Å². The molecule has 2 aromatic heterocycles. The molecule has 0 saturated carbocycles. The third-order valence-corrected chi connectivity index (χ3v) is 3.86. The van der Waals surface area contributed by atoms with Crippen LogP contribution in [-0.2, 0) is 6.54 Å². The number of amides is 1. The second-order valence-corrected chi connectivity index (χ2v) is 5.73. The Bertz CT molecular complexity index is 685. The van der Waals surface area contributed by atoms with Gasteiger partial charge in [0.05, 0.1) is 6.10 Å². The van der Waals surface area contributed by atoms with E-state index < -0.39 is 0 Å². The molecule has 7 nitrogen and oxygen atoms in total. The molecule has 2 N–H and O–H groups in total. The summed E-state index contributed by atoms with van der Waals surface area (Å²) in [6, 6.07) is 5.36. The van der Waals surface area contributed by atoms with Gasteiger partial charge in [0.2, 0.25) is 0 Å². The van der Waals surface area contributed by atoms with Crippen LogP contribution in [0.1, 0.15) is 34.7 Å². The first-order chi connectivity index (χ1) is 11.1. The molecule has 3 heterocycles. The van der Waals surface area contributed by atoms with Gasteiger partial charge in [-0.3, -0.25) is 4.79 Å². The van der Waals surface area contributed by atoms with Crippen molar-refractivity contribution in [2.45, 2.75) is 32.4 Å². The smallest absolute Gasteiger partial charge is 0.273 e. The van der Waals surface area contributed by atoms with Crippen molar-refractivity contribution in [1.29, 1.82) is 0 Å². The Labute approximate surface area is 134 Å². The quantitative estimate of drug-likeness (QED) is 0.882. The van der Waals surface area contributed by atoms with E-state index in [2.05, 4.69) is 20.4 Å². The highest BCUT2D eigenvalue weighted by atomic mass is 16.5. The lowest BCUT2D eigenvalue weighted by Gasteiger charge is -2.32. The summed E-state index contributed by atoms with van der Waals surface area (Å²) in [4.78, 5) is 18.5. The van der Waals surface area contributed by atoms with Crippen LogP contribution in [-0.4, -0.2) is 40.3 Å². The fourth-order valence-corrected chi connectivity index (χ4v) is 2.74. The van der Waals surface area contributed by atoms with Crippen LogP contribution in [0.15, 0.2) is 28.9 Å². The van der Waals surface area contributed by atoms with E-state index in [-0.39, 0.29) is 17.7 Å². The Kier molecular flexibility index (Phi) is 4.57. The number of nitrogens with one attached hydrogen (secondary N) is 1. The summed E-state index contributed by atoms with van der Waals surface area (Å²) in [6.45, 7) is 3.52. The highest BCUT2D eigenvalue weighted by Crippen LogP contribution is 2.21. The van der Waals surface area contributed by atoms with Crippen LogP contribution in [0, 0.1) is 6.92 Å². The monoisotopic (exact) mass is 316 g/mol. The minimum atomic E-state index is -0.327. The van der Waals surface area contributed by atoms with Gasteiger partial charge in [-0.2, -0.15) is 0 Å². The van der Waals surface area contributed by atoms with Gasteiger partial charge in [0, 0.05) is 37.5 Å². The number of β-amino-alcohol motifs (C(OH)–C–C–N with tert-alkyl or cyclic N) is 1. The molecule has 1 aliphatic heterocycles. The summed E-state index contributed by atoms with van der Waals surface area (Å²) >= 11 is 0. The van der Waals surface area contributed by atoms with Crippen molar-refractivity contribution in [3.05, 3.63) is 41.4 Å². The van der Waals surface area contributed by atoms with Crippen LogP contribution >= 0.6 is 0 Å². The standard InChI is InChI=1S/C16H20N4O3/c1-11-8-14(19-23-11)16(22)18-9-12-4-2-6-17-15(12)20-7-3-5-13(21)10-20/h2,4,6,8,13,21H,3,5,7,9-10H2,1H3,(H,18,22). The van der Waals surface area contributed by atoms with Gasteiger partial charge in [0.1, 0.15) is 11.6 Å². The number of aromatic nitrogens is 2. The van der Waals surface area contributed by atoms with E-state index in [0.29, 0.717) is 18.8 Å². The van der Waals surface area contributed by atoms with Gasteiger partial charge < -0.3 is 19.8 Å². The van der Waals surface area contributed by atoms with Crippen LogP contribution in [0.25, 0.3) is 0 Å². The average Bonchev–Trinajstić information content (AvgIpc) is 2.99. The fraction of sp³-hybridized carbons (Fsp3) is 0.438. The average molecular weight is 316 g/mol. The first kappa shape index (κ1) is 15.5. The molecule has 1 amide bonds. The molecule has 0 radical (unpaired) electrons. The van der Waals surface area contributed by atoms with E-state index in [1.807, 2.05) is 12.1 Å². The number of piperidine rings is 1. The summed E-state index contributed by atoms with van der Waals surface area (Å²) in [5, 5.41) is 16.4. The zero-order valence-electron chi connectivity index (χ0n) is 13.0. The van der Waals surface area contributed by atoms with Gasteiger partial charge >= 0.3 is 0 Å². The molecule has 1 fully saturated rings. The molecule has 1 atom stereocenters. The first-order valence-electron chi connectivity index (χ1n) is 7.72. The zero-order chi connectivity index (χ0) is 16.2. The van der Waals surface area contributed by atoms with Crippen molar-refractivity contribution in [1.82, 2.24) is 15.5 Å². The highest BCUT2D eigenvalue weighted by molar-refractivity contribution is 5.92.